The lowest BCUT2D eigenvalue weighted by molar-refractivity contribution is -0.130. The maximum Gasteiger partial charge on any atom is 0.227 e. The van der Waals surface area contributed by atoms with Crippen LogP contribution in [0.1, 0.15) is 26.2 Å². The summed E-state index contributed by atoms with van der Waals surface area (Å²) in [6.07, 6.45) is 1.93. The number of rotatable bonds is 5. The van der Waals surface area contributed by atoms with Gasteiger partial charge in [0.2, 0.25) is 17.7 Å². The smallest absolute Gasteiger partial charge is 0.227 e. The van der Waals surface area contributed by atoms with Gasteiger partial charge in [0, 0.05) is 70.4 Å². The van der Waals surface area contributed by atoms with Crippen molar-refractivity contribution in [2.45, 2.75) is 26.2 Å². The zero-order valence-corrected chi connectivity index (χ0v) is 15.2. The average molecular weight is 358 g/mol. The Morgan fingerprint density at radius 3 is 2.31 bits per heavy atom. The summed E-state index contributed by atoms with van der Waals surface area (Å²) in [4.78, 5) is 41.1. The minimum absolute atomic E-state index is 0.0241. The highest BCUT2D eigenvalue weighted by atomic mass is 16.2. The molecule has 1 N–H and O–H groups in total. The fourth-order valence-corrected chi connectivity index (χ4v) is 3.42. The molecule has 0 aliphatic carbocycles. The van der Waals surface area contributed by atoms with Gasteiger partial charge in [-0.05, 0) is 30.7 Å². The lowest BCUT2D eigenvalue weighted by Gasteiger charge is -2.34. The van der Waals surface area contributed by atoms with Crippen LogP contribution >= 0.6 is 0 Å². The highest BCUT2D eigenvalue weighted by molar-refractivity contribution is 5.96. The van der Waals surface area contributed by atoms with Gasteiger partial charge in [0.15, 0.2) is 0 Å². The third-order valence-electron chi connectivity index (χ3n) is 5.01. The molecule has 0 unspecified atom stereocenters. The standard InChI is InChI=1S/C19H26N4O3/c1-15(24)22-13-11-21(12-14-22)10-8-18(25)20-16-4-6-17(7-5-16)23-9-2-3-19(23)26/h4-7H,2-3,8-14H2,1H3,(H,20,25). The van der Waals surface area contributed by atoms with Crippen molar-refractivity contribution in [3.8, 4) is 0 Å². The first kappa shape index (κ1) is 18.4. The van der Waals surface area contributed by atoms with Gasteiger partial charge in [0.25, 0.3) is 0 Å². The zero-order valence-electron chi connectivity index (χ0n) is 15.2. The first-order valence-corrected chi connectivity index (χ1v) is 9.21. The van der Waals surface area contributed by atoms with E-state index in [0.29, 0.717) is 19.4 Å². The van der Waals surface area contributed by atoms with Gasteiger partial charge < -0.3 is 15.1 Å². The van der Waals surface area contributed by atoms with Crippen LogP contribution in [0.15, 0.2) is 24.3 Å². The highest BCUT2D eigenvalue weighted by Gasteiger charge is 2.21. The zero-order chi connectivity index (χ0) is 18.5. The predicted octanol–water partition coefficient (Wildman–Crippen LogP) is 1.31. The van der Waals surface area contributed by atoms with Gasteiger partial charge in [-0.25, -0.2) is 0 Å². The number of amides is 3. The van der Waals surface area contributed by atoms with Crippen molar-refractivity contribution in [3.63, 3.8) is 0 Å². The number of nitrogens with zero attached hydrogens (tertiary/aromatic N) is 3. The van der Waals surface area contributed by atoms with Crippen molar-refractivity contribution in [1.29, 1.82) is 0 Å². The fraction of sp³-hybridized carbons (Fsp3) is 0.526. The van der Waals surface area contributed by atoms with Crippen LogP contribution in [0.4, 0.5) is 11.4 Å². The Balaban J connectivity index is 1.42. The summed E-state index contributed by atoms with van der Waals surface area (Å²) in [6.45, 7) is 6.13. The van der Waals surface area contributed by atoms with Crippen LogP contribution < -0.4 is 10.2 Å². The molecule has 26 heavy (non-hydrogen) atoms. The van der Waals surface area contributed by atoms with Crippen molar-refractivity contribution in [3.05, 3.63) is 24.3 Å². The molecule has 0 aromatic heterocycles. The van der Waals surface area contributed by atoms with Crippen LogP contribution in [-0.2, 0) is 14.4 Å². The molecular weight excluding hydrogens is 332 g/mol. The normalized spacial score (nSPS) is 18.3. The molecule has 140 valence electrons. The Hall–Kier alpha value is -2.41. The minimum Gasteiger partial charge on any atom is -0.340 e. The van der Waals surface area contributed by atoms with Crippen LogP contribution in [-0.4, -0.2) is 66.8 Å². The van der Waals surface area contributed by atoms with E-state index in [-0.39, 0.29) is 17.7 Å². The van der Waals surface area contributed by atoms with E-state index < -0.39 is 0 Å². The molecule has 1 aromatic carbocycles. The number of benzene rings is 1. The van der Waals surface area contributed by atoms with E-state index >= 15 is 0 Å². The van der Waals surface area contributed by atoms with E-state index in [9.17, 15) is 14.4 Å². The van der Waals surface area contributed by atoms with E-state index in [0.717, 1.165) is 50.5 Å². The van der Waals surface area contributed by atoms with E-state index in [4.69, 9.17) is 0 Å². The molecule has 3 amide bonds. The maximum absolute atomic E-state index is 12.2. The Labute approximate surface area is 153 Å². The summed E-state index contributed by atoms with van der Waals surface area (Å²) in [5.74, 6) is 0.247. The summed E-state index contributed by atoms with van der Waals surface area (Å²) in [7, 11) is 0. The van der Waals surface area contributed by atoms with E-state index in [1.54, 1.807) is 11.8 Å². The number of anilines is 2. The quantitative estimate of drug-likeness (QED) is 0.861. The lowest BCUT2D eigenvalue weighted by atomic mass is 10.2. The SMILES string of the molecule is CC(=O)N1CCN(CCC(=O)Nc2ccc(N3CCCC3=O)cc2)CC1. The van der Waals surface area contributed by atoms with Crippen molar-refractivity contribution in [2.24, 2.45) is 0 Å². The highest BCUT2D eigenvalue weighted by Crippen LogP contribution is 2.23. The third-order valence-corrected chi connectivity index (χ3v) is 5.01. The van der Waals surface area contributed by atoms with Crippen LogP contribution in [0.2, 0.25) is 0 Å². The topological polar surface area (TPSA) is 73.0 Å². The summed E-state index contributed by atoms with van der Waals surface area (Å²) in [6, 6.07) is 7.43. The average Bonchev–Trinajstić information content (AvgIpc) is 3.07. The molecule has 3 rings (SSSR count). The van der Waals surface area contributed by atoms with Gasteiger partial charge in [-0.3, -0.25) is 19.3 Å². The van der Waals surface area contributed by atoms with Crippen molar-refractivity contribution in [1.82, 2.24) is 9.80 Å². The maximum atomic E-state index is 12.2. The molecule has 2 heterocycles. The molecule has 2 aliphatic heterocycles. The molecule has 0 radical (unpaired) electrons. The summed E-state index contributed by atoms with van der Waals surface area (Å²) >= 11 is 0. The molecule has 2 saturated heterocycles. The van der Waals surface area contributed by atoms with Crippen LogP contribution in [0, 0.1) is 0 Å². The van der Waals surface area contributed by atoms with E-state index in [2.05, 4.69) is 10.2 Å². The Bertz CT molecular complexity index is 666. The van der Waals surface area contributed by atoms with Gasteiger partial charge in [-0.2, -0.15) is 0 Å². The fourth-order valence-electron chi connectivity index (χ4n) is 3.42. The third kappa shape index (κ3) is 4.60. The number of carbonyl (C=O) groups is 3. The second-order valence-electron chi connectivity index (χ2n) is 6.84. The van der Waals surface area contributed by atoms with Gasteiger partial charge in [-0.15, -0.1) is 0 Å². The number of carbonyl (C=O) groups excluding carboxylic acids is 3. The predicted molar refractivity (Wildman–Crippen MR) is 100.0 cm³/mol. The van der Waals surface area contributed by atoms with Crippen molar-refractivity contribution in [2.75, 3.05) is 49.5 Å². The molecule has 7 nitrogen and oxygen atoms in total. The molecule has 0 atom stereocenters. The Morgan fingerprint density at radius 1 is 1.04 bits per heavy atom. The van der Waals surface area contributed by atoms with Gasteiger partial charge >= 0.3 is 0 Å². The summed E-state index contributed by atoms with van der Waals surface area (Å²) in [5.41, 5.74) is 1.63. The molecule has 0 saturated carbocycles. The second-order valence-corrected chi connectivity index (χ2v) is 6.84. The Morgan fingerprint density at radius 2 is 1.73 bits per heavy atom. The van der Waals surface area contributed by atoms with Crippen molar-refractivity contribution >= 4 is 29.1 Å². The molecule has 0 spiro atoms. The molecule has 0 bridgehead atoms. The molecule has 2 fully saturated rings. The largest absolute Gasteiger partial charge is 0.340 e. The molecule has 2 aliphatic rings. The van der Waals surface area contributed by atoms with E-state index in [1.807, 2.05) is 29.2 Å². The first-order chi connectivity index (χ1) is 12.5. The summed E-state index contributed by atoms with van der Waals surface area (Å²) in [5, 5.41) is 2.90. The number of piperazine rings is 1. The lowest BCUT2D eigenvalue weighted by Crippen LogP contribution is -2.48. The van der Waals surface area contributed by atoms with Crippen LogP contribution in [0.3, 0.4) is 0 Å². The summed E-state index contributed by atoms with van der Waals surface area (Å²) < 4.78 is 0. The second kappa shape index (κ2) is 8.31. The van der Waals surface area contributed by atoms with Gasteiger partial charge in [0.05, 0.1) is 0 Å². The van der Waals surface area contributed by atoms with Gasteiger partial charge in [0.1, 0.15) is 0 Å². The van der Waals surface area contributed by atoms with E-state index in [1.165, 1.54) is 0 Å². The minimum atomic E-state index is -0.0241. The Kier molecular flexibility index (Phi) is 5.88. The molecule has 7 heteroatoms. The van der Waals surface area contributed by atoms with Crippen LogP contribution in [0.25, 0.3) is 0 Å². The van der Waals surface area contributed by atoms with Crippen LogP contribution in [0.5, 0.6) is 0 Å². The number of hydrogen-bond donors (Lipinski definition) is 1. The number of nitrogens with one attached hydrogen (secondary N) is 1. The van der Waals surface area contributed by atoms with Gasteiger partial charge in [-0.1, -0.05) is 0 Å². The number of hydrogen-bond acceptors (Lipinski definition) is 4. The van der Waals surface area contributed by atoms with Crippen molar-refractivity contribution < 1.29 is 14.4 Å². The first-order valence-electron chi connectivity index (χ1n) is 9.21. The molecular formula is C19H26N4O3. The molecule has 1 aromatic rings. The monoisotopic (exact) mass is 358 g/mol.